The third-order valence-electron chi connectivity index (χ3n) is 4.87. The van der Waals surface area contributed by atoms with Gasteiger partial charge in [-0.25, -0.2) is 19.3 Å². The van der Waals surface area contributed by atoms with Crippen LogP contribution < -0.4 is 10.9 Å². The maximum Gasteiger partial charge on any atom is 0.411 e. The van der Waals surface area contributed by atoms with Crippen LogP contribution in [0.25, 0.3) is 28.6 Å². The molecule has 3 rings (SSSR count). The zero-order valence-electron chi connectivity index (χ0n) is 20.1. The first-order valence-electron chi connectivity index (χ1n) is 11.3. The van der Waals surface area contributed by atoms with Crippen molar-refractivity contribution in [2.24, 2.45) is 0 Å². The molecule has 0 aliphatic heterocycles. The fourth-order valence-corrected chi connectivity index (χ4v) is 3.32. The van der Waals surface area contributed by atoms with Gasteiger partial charge in [0, 0.05) is 23.3 Å². The topological polar surface area (TPSA) is 112 Å². The van der Waals surface area contributed by atoms with Crippen molar-refractivity contribution < 1.29 is 19.1 Å². The molecule has 35 heavy (non-hydrogen) atoms. The van der Waals surface area contributed by atoms with Gasteiger partial charge in [-0.15, -0.1) is 0 Å². The van der Waals surface area contributed by atoms with Crippen LogP contribution in [0.5, 0.6) is 0 Å². The predicted molar refractivity (Wildman–Crippen MR) is 134 cm³/mol. The molecule has 0 radical (unpaired) electrons. The van der Waals surface area contributed by atoms with E-state index in [4.69, 9.17) is 14.5 Å². The third kappa shape index (κ3) is 6.41. The smallest absolute Gasteiger partial charge is 0.411 e. The van der Waals surface area contributed by atoms with Crippen molar-refractivity contribution in [3.63, 3.8) is 0 Å². The monoisotopic (exact) mass is 476 g/mol. The maximum atomic E-state index is 12.3. The van der Waals surface area contributed by atoms with E-state index in [0.29, 0.717) is 28.3 Å². The molecule has 0 atom stereocenters. The summed E-state index contributed by atoms with van der Waals surface area (Å²) in [5.41, 5.74) is 2.85. The van der Waals surface area contributed by atoms with Crippen molar-refractivity contribution in [2.45, 2.75) is 33.7 Å². The molecule has 0 aliphatic rings. The first-order chi connectivity index (χ1) is 16.8. The summed E-state index contributed by atoms with van der Waals surface area (Å²) in [6, 6.07) is 14.0. The van der Waals surface area contributed by atoms with Gasteiger partial charge in [0.05, 0.1) is 42.0 Å². The van der Waals surface area contributed by atoms with Crippen LogP contribution in [0.2, 0.25) is 0 Å². The number of aromatic nitrogens is 3. The van der Waals surface area contributed by atoms with Crippen molar-refractivity contribution in [3.05, 3.63) is 70.7 Å². The number of pyridine rings is 1. The fourth-order valence-electron chi connectivity index (χ4n) is 3.32. The lowest BCUT2D eigenvalue weighted by Crippen LogP contribution is -2.24. The van der Waals surface area contributed by atoms with Crippen molar-refractivity contribution >= 4 is 23.8 Å². The zero-order chi connectivity index (χ0) is 25.4. The number of nitrogens with zero attached hydrogens (tertiary/aromatic N) is 3. The minimum absolute atomic E-state index is 0.153. The van der Waals surface area contributed by atoms with Gasteiger partial charge in [-0.3, -0.25) is 10.1 Å². The Hall–Kier alpha value is -4.27. The Bertz CT molecular complexity index is 1280. The van der Waals surface area contributed by atoms with Gasteiger partial charge < -0.3 is 9.47 Å². The van der Waals surface area contributed by atoms with E-state index < -0.39 is 12.1 Å². The van der Waals surface area contributed by atoms with Crippen molar-refractivity contribution in [1.82, 2.24) is 14.8 Å². The Balaban J connectivity index is 2.26. The van der Waals surface area contributed by atoms with E-state index in [0.717, 1.165) is 5.56 Å². The summed E-state index contributed by atoms with van der Waals surface area (Å²) in [4.78, 5) is 41.3. The molecule has 9 nitrogen and oxygen atoms in total. The van der Waals surface area contributed by atoms with Crippen molar-refractivity contribution in [2.75, 3.05) is 18.5 Å². The summed E-state index contributed by atoms with van der Waals surface area (Å²) in [5.74, 6) is -0.535. The average molecular weight is 477 g/mol. The highest BCUT2D eigenvalue weighted by Gasteiger charge is 2.18. The van der Waals surface area contributed by atoms with Crippen LogP contribution in [0.3, 0.4) is 0 Å². The van der Waals surface area contributed by atoms with Crippen LogP contribution in [0.1, 0.15) is 39.4 Å². The molecule has 2 heterocycles. The number of hydrogen-bond acceptors (Lipinski definition) is 7. The number of carbonyl (C=O) groups excluding carboxylic acids is 2. The molecule has 0 saturated carbocycles. The highest BCUT2D eigenvalue weighted by molar-refractivity contribution is 5.94. The second kappa shape index (κ2) is 11.7. The lowest BCUT2D eigenvalue weighted by atomic mass is 10.0. The van der Waals surface area contributed by atoms with Crippen LogP contribution in [0.4, 0.5) is 10.5 Å². The zero-order valence-corrected chi connectivity index (χ0v) is 20.1. The quantitative estimate of drug-likeness (QED) is 0.370. The number of esters is 1. The number of hydrogen-bond donors (Lipinski definition) is 1. The Morgan fingerprint density at radius 1 is 1.06 bits per heavy atom. The predicted octanol–water partition coefficient (Wildman–Crippen LogP) is 4.70. The van der Waals surface area contributed by atoms with Gasteiger partial charge in [0.15, 0.2) is 0 Å². The number of carbonyl (C=O) groups is 2. The molecule has 1 N–H and O–H groups in total. The van der Waals surface area contributed by atoms with Crippen LogP contribution in [0.15, 0.2) is 59.4 Å². The molecule has 0 spiro atoms. The standard InChI is InChI=1S/C26H28N4O5/c1-5-34-24(32)15-13-21-22(28-26(33)35-6-2)16-19(25(27-21)18-10-8-7-9-11-18)20-12-14-23(31)30(29-20)17(3)4/h7-17H,5-6H2,1-4H3,(H,28,33)/b15-13+. The molecule has 9 heteroatoms. The molecule has 1 aromatic carbocycles. The van der Waals surface area contributed by atoms with Crippen LogP contribution in [0, 0.1) is 0 Å². The largest absolute Gasteiger partial charge is 0.463 e. The molecule has 0 saturated heterocycles. The van der Waals surface area contributed by atoms with E-state index in [1.54, 1.807) is 26.0 Å². The molecule has 0 bridgehead atoms. The van der Waals surface area contributed by atoms with E-state index in [1.807, 2.05) is 44.2 Å². The molecule has 2 aromatic heterocycles. The van der Waals surface area contributed by atoms with E-state index in [2.05, 4.69) is 10.4 Å². The highest BCUT2D eigenvalue weighted by Crippen LogP contribution is 2.33. The van der Waals surface area contributed by atoms with E-state index in [1.165, 1.54) is 22.9 Å². The van der Waals surface area contributed by atoms with Crippen LogP contribution in [-0.2, 0) is 14.3 Å². The first kappa shape index (κ1) is 25.4. The number of nitrogens with one attached hydrogen (secondary N) is 1. The molecule has 1 amide bonds. The molecule has 0 unspecified atom stereocenters. The van der Waals surface area contributed by atoms with E-state index in [9.17, 15) is 14.4 Å². The summed E-state index contributed by atoms with van der Waals surface area (Å²) in [6.07, 6.45) is 2.05. The van der Waals surface area contributed by atoms with Crippen molar-refractivity contribution in [1.29, 1.82) is 0 Å². The lowest BCUT2D eigenvalue weighted by molar-refractivity contribution is -0.137. The number of anilines is 1. The maximum absolute atomic E-state index is 12.3. The number of amides is 1. The molecule has 182 valence electrons. The van der Waals surface area contributed by atoms with Crippen molar-refractivity contribution in [3.8, 4) is 22.5 Å². The lowest BCUT2D eigenvalue weighted by Gasteiger charge is -2.16. The number of benzene rings is 1. The van der Waals surface area contributed by atoms with Crippen LogP contribution >= 0.6 is 0 Å². The summed E-state index contributed by atoms with van der Waals surface area (Å²) in [5, 5.41) is 7.22. The fraction of sp³-hybridized carbons (Fsp3) is 0.269. The minimum atomic E-state index is -0.668. The molecule has 3 aromatic rings. The van der Waals surface area contributed by atoms with E-state index >= 15 is 0 Å². The summed E-state index contributed by atoms with van der Waals surface area (Å²) in [6.45, 7) is 7.56. The van der Waals surface area contributed by atoms with Gasteiger partial charge in [-0.05, 0) is 45.9 Å². The van der Waals surface area contributed by atoms with Gasteiger partial charge in [0.1, 0.15) is 0 Å². The minimum Gasteiger partial charge on any atom is -0.463 e. The Morgan fingerprint density at radius 3 is 2.43 bits per heavy atom. The molecular weight excluding hydrogens is 448 g/mol. The Morgan fingerprint density at radius 2 is 1.77 bits per heavy atom. The Labute approximate surface area is 203 Å². The highest BCUT2D eigenvalue weighted by atomic mass is 16.5. The van der Waals surface area contributed by atoms with Gasteiger partial charge in [-0.2, -0.15) is 5.10 Å². The van der Waals surface area contributed by atoms with E-state index in [-0.39, 0.29) is 24.8 Å². The van der Waals surface area contributed by atoms with Gasteiger partial charge in [0.25, 0.3) is 5.56 Å². The number of ether oxygens (including phenoxy) is 2. The normalized spacial score (nSPS) is 11.0. The third-order valence-corrected chi connectivity index (χ3v) is 4.87. The van der Waals surface area contributed by atoms with Crippen LogP contribution in [-0.4, -0.2) is 40.0 Å². The molecule has 0 fully saturated rings. The second-order valence-corrected chi connectivity index (χ2v) is 7.71. The summed E-state index contributed by atoms with van der Waals surface area (Å²) in [7, 11) is 0. The van der Waals surface area contributed by atoms with Gasteiger partial charge >= 0.3 is 12.1 Å². The van der Waals surface area contributed by atoms with Gasteiger partial charge in [0.2, 0.25) is 0 Å². The average Bonchev–Trinajstić information content (AvgIpc) is 2.84. The summed E-state index contributed by atoms with van der Waals surface area (Å²) >= 11 is 0. The second-order valence-electron chi connectivity index (χ2n) is 7.71. The molecular formula is C26H28N4O5. The summed E-state index contributed by atoms with van der Waals surface area (Å²) < 4.78 is 11.4. The SMILES string of the molecule is CCOC(=O)/C=C/c1nc(-c2ccccc2)c(-c2ccc(=O)n(C(C)C)n2)cc1NC(=O)OCC. The first-order valence-corrected chi connectivity index (χ1v) is 11.3. The Kier molecular flexibility index (Phi) is 8.50. The van der Waals surface area contributed by atoms with Gasteiger partial charge in [-0.1, -0.05) is 30.3 Å². The molecule has 0 aliphatic carbocycles. The number of rotatable bonds is 8.